The van der Waals surface area contributed by atoms with Gasteiger partial charge in [-0.05, 0) is 37.6 Å². The smallest absolute Gasteiger partial charge is 0.253 e. The third-order valence-corrected chi connectivity index (χ3v) is 2.91. The number of carbonyl (C=O) groups is 2. The Morgan fingerprint density at radius 1 is 1.20 bits per heavy atom. The molecule has 20 heavy (non-hydrogen) atoms. The first-order valence-electron chi connectivity index (χ1n) is 6.86. The standard InChI is InChI=1S/C15H23N3O2/c1-18(2)15(20)12-7-6-8-13(11-12)17-14(19)9-4-3-5-10-16/h6-8,11H,3-5,9-10,16H2,1-2H3,(H,17,19). The molecule has 0 bridgehead atoms. The number of unbranched alkanes of at least 4 members (excludes halogenated alkanes) is 2. The Morgan fingerprint density at radius 2 is 1.95 bits per heavy atom. The maximum Gasteiger partial charge on any atom is 0.253 e. The van der Waals surface area contributed by atoms with Crippen LogP contribution in [0.5, 0.6) is 0 Å². The highest BCUT2D eigenvalue weighted by Gasteiger charge is 2.09. The zero-order chi connectivity index (χ0) is 15.0. The summed E-state index contributed by atoms with van der Waals surface area (Å²) in [7, 11) is 3.40. The van der Waals surface area contributed by atoms with Gasteiger partial charge >= 0.3 is 0 Å². The number of nitrogens with two attached hydrogens (primary N) is 1. The van der Waals surface area contributed by atoms with Gasteiger partial charge in [0, 0.05) is 31.8 Å². The van der Waals surface area contributed by atoms with Crippen molar-refractivity contribution >= 4 is 17.5 Å². The molecule has 0 saturated heterocycles. The van der Waals surface area contributed by atoms with Crippen molar-refractivity contribution in [3.63, 3.8) is 0 Å². The first kappa shape index (κ1) is 16.2. The van der Waals surface area contributed by atoms with Gasteiger partial charge in [0.05, 0.1) is 0 Å². The fourth-order valence-electron chi connectivity index (χ4n) is 1.82. The molecule has 3 N–H and O–H groups in total. The molecule has 2 amide bonds. The van der Waals surface area contributed by atoms with E-state index < -0.39 is 0 Å². The van der Waals surface area contributed by atoms with Crippen LogP contribution < -0.4 is 11.1 Å². The van der Waals surface area contributed by atoms with Gasteiger partial charge in [-0.2, -0.15) is 0 Å². The van der Waals surface area contributed by atoms with Crippen molar-refractivity contribution in [2.45, 2.75) is 25.7 Å². The molecule has 0 atom stereocenters. The van der Waals surface area contributed by atoms with Crippen molar-refractivity contribution in [3.05, 3.63) is 29.8 Å². The molecule has 0 aliphatic carbocycles. The van der Waals surface area contributed by atoms with E-state index in [9.17, 15) is 9.59 Å². The number of hydrogen-bond donors (Lipinski definition) is 2. The number of nitrogens with zero attached hydrogens (tertiary/aromatic N) is 1. The van der Waals surface area contributed by atoms with Crippen molar-refractivity contribution in [2.24, 2.45) is 5.73 Å². The molecule has 1 aromatic carbocycles. The average molecular weight is 277 g/mol. The fourth-order valence-corrected chi connectivity index (χ4v) is 1.82. The van der Waals surface area contributed by atoms with Gasteiger partial charge in [-0.1, -0.05) is 12.5 Å². The van der Waals surface area contributed by atoms with E-state index in [-0.39, 0.29) is 11.8 Å². The Balaban J connectivity index is 2.53. The number of nitrogens with one attached hydrogen (secondary N) is 1. The molecule has 0 radical (unpaired) electrons. The second-order valence-electron chi connectivity index (χ2n) is 4.93. The lowest BCUT2D eigenvalue weighted by atomic mass is 10.1. The molecule has 0 saturated carbocycles. The quantitative estimate of drug-likeness (QED) is 0.747. The third kappa shape index (κ3) is 5.40. The summed E-state index contributed by atoms with van der Waals surface area (Å²) in [5, 5.41) is 2.81. The van der Waals surface area contributed by atoms with Crippen molar-refractivity contribution in [1.82, 2.24) is 4.90 Å². The van der Waals surface area contributed by atoms with Gasteiger partial charge < -0.3 is 16.0 Å². The minimum absolute atomic E-state index is 0.0310. The summed E-state index contributed by atoms with van der Waals surface area (Å²) >= 11 is 0. The summed E-state index contributed by atoms with van der Waals surface area (Å²) in [5.41, 5.74) is 6.62. The van der Waals surface area contributed by atoms with Crippen LogP contribution in [0.2, 0.25) is 0 Å². The first-order valence-corrected chi connectivity index (χ1v) is 6.86. The maximum atomic E-state index is 11.8. The third-order valence-electron chi connectivity index (χ3n) is 2.91. The van der Waals surface area contributed by atoms with Gasteiger partial charge in [0.25, 0.3) is 5.91 Å². The Kier molecular flexibility index (Phi) is 6.73. The summed E-state index contributed by atoms with van der Waals surface area (Å²) in [4.78, 5) is 25.1. The molecular formula is C15H23N3O2. The second-order valence-corrected chi connectivity index (χ2v) is 4.93. The molecule has 0 aliphatic rings. The van der Waals surface area contributed by atoms with Crippen molar-refractivity contribution in [3.8, 4) is 0 Å². The van der Waals surface area contributed by atoms with Gasteiger partial charge in [-0.3, -0.25) is 9.59 Å². The van der Waals surface area contributed by atoms with Crippen LogP contribution in [0.3, 0.4) is 0 Å². The summed E-state index contributed by atoms with van der Waals surface area (Å²) in [6.45, 7) is 0.663. The lowest BCUT2D eigenvalue weighted by Crippen LogP contribution is -2.21. The molecule has 0 spiro atoms. The predicted octanol–water partition coefficient (Wildman–Crippen LogP) is 1.85. The number of anilines is 1. The van der Waals surface area contributed by atoms with Crippen LogP contribution in [-0.4, -0.2) is 37.4 Å². The lowest BCUT2D eigenvalue weighted by molar-refractivity contribution is -0.116. The van der Waals surface area contributed by atoms with E-state index in [2.05, 4.69) is 5.32 Å². The van der Waals surface area contributed by atoms with Crippen LogP contribution in [-0.2, 0) is 4.79 Å². The molecule has 5 nitrogen and oxygen atoms in total. The first-order chi connectivity index (χ1) is 9.54. The zero-order valence-electron chi connectivity index (χ0n) is 12.2. The van der Waals surface area contributed by atoms with Crippen molar-refractivity contribution in [2.75, 3.05) is 26.0 Å². The SMILES string of the molecule is CN(C)C(=O)c1cccc(NC(=O)CCCCCN)c1. The van der Waals surface area contributed by atoms with Crippen LogP contribution in [0, 0.1) is 0 Å². The summed E-state index contributed by atoms with van der Waals surface area (Å²) in [6.07, 6.45) is 3.22. The molecule has 0 aromatic heterocycles. The van der Waals surface area contributed by atoms with E-state index in [1.165, 1.54) is 4.90 Å². The molecule has 1 rings (SSSR count). The van der Waals surface area contributed by atoms with Gasteiger partial charge in [0.2, 0.25) is 5.91 Å². The predicted molar refractivity (Wildman–Crippen MR) is 80.6 cm³/mol. The number of hydrogen-bond acceptors (Lipinski definition) is 3. The monoisotopic (exact) mass is 277 g/mol. The molecular weight excluding hydrogens is 254 g/mol. The van der Waals surface area contributed by atoms with Gasteiger partial charge in [-0.15, -0.1) is 0 Å². The molecule has 0 fully saturated rings. The molecule has 0 heterocycles. The van der Waals surface area contributed by atoms with Crippen LogP contribution in [0.1, 0.15) is 36.0 Å². The van der Waals surface area contributed by atoms with Crippen LogP contribution in [0.25, 0.3) is 0 Å². The number of rotatable bonds is 7. The fraction of sp³-hybridized carbons (Fsp3) is 0.467. The van der Waals surface area contributed by atoms with E-state index in [0.717, 1.165) is 19.3 Å². The average Bonchev–Trinajstić information content (AvgIpc) is 2.43. The number of amides is 2. The Morgan fingerprint density at radius 3 is 2.60 bits per heavy atom. The summed E-state index contributed by atoms with van der Waals surface area (Å²) in [6, 6.07) is 6.98. The van der Waals surface area contributed by atoms with E-state index in [0.29, 0.717) is 24.2 Å². The van der Waals surface area contributed by atoms with E-state index in [1.807, 2.05) is 0 Å². The van der Waals surface area contributed by atoms with Crippen molar-refractivity contribution in [1.29, 1.82) is 0 Å². The normalized spacial score (nSPS) is 10.2. The molecule has 1 aromatic rings. The summed E-state index contributed by atoms with van der Waals surface area (Å²) < 4.78 is 0. The Hall–Kier alpha value is -1.88. The number of benzene rings is 1. The minimum atomic E-state index is -0.0796. The van der Waals surface area contributed by atoms with Gasteiger partial charge in [0.1, 0.15) is 0 Å². The Bertz CT molecular complexity index is 458. The zero-order valence-corrected chi connectivity index (χ0v) is 12.2. The second kappa shape index (κ2) is 8.32. The molecule has 5 heteroatoms. The topological polar surface area (TPSA) is 75.4 Å². The largest absolute Gasteiger partial charge is 0.345 e. The van der Waals surface area contributed by atoms with Crippen LogP contribution in [0.15, 0.2) is 24.3 Å². The van der Waals surface area contributed by atoms with E-state index in [4.69, 9.17) is 5.73 Å². The highest BCUT2D eigenvalue weighted by molar-refractivity contribution is 5.96. The Labute approximate surface area is 120 Å². The van der Waals surface area contributed by atoms with Gasteiger partial charge in [-0.25, -0.2) is 0 Å². The van der Waals surface area contributed by atoms with Crippen LogP contribution >= 0.6 is 0 Å². The van der Waals surface area contributed by atoms with E-state index >= 15 is 0 Å². The minimum Gasteiger partial charge on any atom is -0.345 e. The van der Waals surface area contributed by atoms with Gasteiger partial charge in [0.15, 0.2) is 0 Å². The maximum absolute atomic E-state index is 11.8. The lowest BCUT2D eigenvalue weighted by Gasteiger charge is -2.11. The van der Waals surface area contributed by atoms with Crippen molar-refractivity contribution < 1.29 is 9.59 Å². The van der Waals surface area contributed by atoms with Crippen LogP contribution in [0.4, 0.5) is 5.69 Å². The summed E-state index contributed by atoms with van der Waals surface area (Å²) in [5.74, 6) is -0.111. The highest BCUT2D eigenvalue weighted by Crippen LogP contribution is 2.13. The van der Waals surface area contributed by atoms with E-state index in [1.54, 1.807) is 38.4 Å². The highest BCUT2D eigenvalue weighted by atomic mass is 16.2. The number of carbonyl (C=O) groups excluding carboxylic acids is 2. The molecule has 110 valence electrons. The molecule has 0 unspecified atom stereocenters. The molecule has 0 aliphatic heterocycles.